The van der Waals surface area contributed by atoms with Crippen molar-refractivity contribution in [2.45, 2.75) is 13.3 Å². The molecule has 2 aromatic heterocycles. The molecule has 1 aromatic carbocycles. The largest absolute Gasteiger partial charge is 0.396 e. The van der Waals surface area contributed by atoms with Crippen molar-refractivity contribution in [1.29, 1.82) is 0 Å². The van der Waals surface area contributed by atoms with E-state index in [0.717, 1.165) is 22.2 Å². The van der Waals surface area contributed by atoms with Crippen molar-refractivity contribution in [3.63, 3.8) is 0 Å². The molecule has 0 saturated heterocycles. The molecule has 5 heteroatoms. The molecule has 0 aliphatic rings. The number of carbonyl (C=O) groups is 1. The standard InChI is InChI=1S/C20H21N3O2/c1-14(8-11-24)13-22-20(25)17-12-19(15-6-9-21-10-7-15)23-18-5-3-2-4-16(17)18/h2-7,9-10,12,14,24H,8,11,13H2,1H3,(H,22,25). The number of nitrogens with one attached hydrogen (secondary N) is 1. The summed E-state index contributed by atoms with van der Waals surface area (Å²) in [4.78, 5) is 21.4. The van der Waals surface area contributed by atoms with E-state index in [0.29, 0.717) is 18.5 Å². The maximum Gasteiger partial charge on any atom is 0.252 e. The van der Waals surface area contributed by atoms with E-state index in [1.54, 1.807) is 12.4 Å². The summed E-state index contributed by atoms with van der Waals surface area (Å²) in [5.74, 6) is 0.0976. The Morgan fingerprint density at radius 3 is 2.72 bits per heavy atom. The number of hydrogen-bond acceptors (Lipinski definition) is 4. The van der Waals surface area contributed by atoms with E-state index in [2.05, 4.69) is 15.3 Å². The van der Waals surface area contributed by atoms with Gasteiger partial charge >= 0.3 is 0 Å². The molecule has 25 heavy (non-hydrogen) atoms. The lowest BCUT2D eigenvalue weighted by molar-refractivity contribution is 0.0947. The van der Waals surface area contributed by atoms with Crippen LogP contribution in [0, 0.1) is 5.92 Å². The first-order valence-electron chi connectivity index (χ1n) is 8.38. The van der Waals surface area contributed by atoms with Crippen molar-refractivity contribution in [2.75, 3.05) is 13.2 Å². The van der Waals surface area contributed by atoms with Crippen LogP contribution < -0.4 is 5.32 Å². The van der Waals surface area contributed by atoms with Gasteiger partial charge in [-0.15, -0.1) is 0 Å². The van der Waals surface area contributed by atoms with Crippen LogP contribution in [0.2, 0.25) is 0 Å². The molecule has 0 saturated carbocycles. The van der Waals surface area contributed by atoms with Crippen molar-refractivity contribution in [3.8, 4) is 11.3 Å². The predicted molar refractivity (Wildman–Crippen MR) is 98.2 cm³/mol. The highest BCUT2D eigenvalue weighted by molar-refractivity contribution is 6.07. The number of aromatic nitrogens is 2. The zero-order chi connectivity index (χ0) is 17.6. The SMILES string of the molecule is CC(CCO)CNC(=O)c1cc(-c2ccncc2)nc2ccccc12. The van der Waals surface area contributed by atoms with Crippen molar-refractivity contribution < 1.29 is 9.90 Å². The van der Waals surface area contributed by atoms with Gasteiger partial charge in [0.05, 0.1) is 16.8 Å². The summed E-state index contributed by atoms with van der Waals surface area (Å²) in [6.45, 7) is 2.66. The van der Waals surface area contributed by atoms with Gasteiger partial charge in [0.15, 0.2) is 0 Å². The number of carbonyl (C=O) groups excluding carboxylic acids is 1. The molecule has 0 spiro atoms. The first kappa shape index (κ1) is 17.0. The maximum absolute atomic E-state index is 12.7. The molecule has 5 nitrogen and oxygen atoms in total. The van der Waals surface area contributed by atoms with E-state index in [1.807, 2.05) is 49.4 Å². The average Bonchev–Trinajstić information content (AvgIpc) is 2.66. The number of amides is 1. The second-order valence-corrected chi connectivity index (χ2v) is 6.14. The normalized spacial score (nSPS) is 12.1. The molecule has 0 fully saturated rings. The Kier molecular flexibility index (Phi) is 5.36. The van der Waals surface area contributed by atoms with Gasteiger partial charge in [0.1, 0.15) is 0 Å². The summed E-state index contributed by atoms with van der Waals surface area (Å²) < 4.78 is 0. The summed E-state index contributed by atoms with van der Waals surface area (Å²) in [7, 11) is 0. The van der Waals surface area contributed by atoms with Crippen LogP contribution in [0.15, 0.2) is 54.9 Å². The minimum absolute atomic E-state index is 0.126. The highest BCUT2D eigenvalue weighted by atomic mass is 16.3. The van der Waals surface area contributed by atoms with Crippen LogP contribution in [0.3, 0.4) is 0 Å². The number of hydrogen-bond donors (Lipinski definition) is 2. The molecular formula is C20H21N3O2. The Labute approximate surface area is 146 Å². The average molecular weight is 335 g/mol. The van der Waals surface area contributed by atoms with Crippen LogP contribution in [0.25, 0.3) is 22.2 Å². The number of nitrogens with zero attached hydrogens (tertiary/aromatic N) is 2. The van der Waals surface area contributed by atoms with E-state index >= 15 is 0 Å². The summed E-state index contributed by atoms with van der Waals surface area (Å²) in [6, 6.07) is 13.2. The highest BCUT2D eigenvalue weighted by Gasteiger charge is 2.14. The van der Waals surface area contributed by atoms with Gasteiger partial charge < -0.3 is 10.4 Å². The third kappa shape index (κ3) is 4.00. The first-order valence-corrected chi connectivity index (χ1v) is 8.38. The lowest BCUT2D eigenvalue weighted by Gasteiger charge is -2.13. The fourth-order valence-electron chi connectivity index (χ4n) is 2.72. The Bertz CT molecular complexity index is 865. The molecule has 1 atom stereocenters. The summed E-state index contributed by atoms with van der Waals surface area (Å²) in [5.41, 5.74) is 3.05. The van der Waals surface area contributed by atoms with Gasteiger partial charge in [-0.1, -0.05) is 25.1 Å². The van der Waals surface area contributed by atoms with Gasteiger partial charge in [-0.05, 0) is 36.6 Å². The molecular weight excluding hydrogens is 314 g/mol. The molecule has 2 N–H and O–H groups in total. The third-order valence-electron chi connectivity index (χ3n) is 4.17. The van der Waals surface area contributed by atoms with Crippen molar-refractivity contribution in [3.05, 3.63) is 60.4 Å². The molecule has 0 aliphatic heterocycles. The number of benzene rings is 1. The van der Waals surface area contributed by atoms with Crippen molar-refractivity contribution >= 4 is 16.8 Å². The second kappa shape index (κ2) is 7.85. The van der Waals surface area contributed by atoms with E-state index in [4.69, 9.17) is 5.11 Å². The zero-order valence-corrected chi connectivity index (χ0v) is 14.1. The molecule has 1 unspecified atom stereocenters. The lowest BCUT2D eigenvalue weighted by Crippen LogP contribution is -2.29. The Morgan fingerprint density at radius 1 is 1.20 bits per heavy atom. The number of pyridine rings is 2. The number of para-hydroxylation sites is 1. The van der Waals surface area contributed by atoms with E-state index in [-0.39, 0.29) is 18.4 Å². The number of aliphatic hydroxyl groups is 1. The Balaban J connectivity index is 1.97. The topological polar surface area (TPSA) is 75.1 Å². The summed E-state index contributed by atoms with van der Waals surface area (Å²) in [5, 5.41) is 12.8. The molecule has 0 bridgehead atoms. The van der Waals surface area contributed by atoms with E-state index in [9.17, 15) is 4.79 Å². The summed E-state index contributed by atoms with van der Waals surface area (Å²) >= 11 is 0. The van der Waals surface area contributed by atoms with E-state index in [1.165, 1.54) is 0 Å². The maximum atomic E-state index is 12.7. The zero-order valence-electron chi connectivity index (χ0n) is 14.1. The van der Waals surface area contributed by atoms with E-state index < -0.39 is 0 Å². The molecule has 3 aromatic rings. The second-order valence-electron chi connectivity index (χ2n) is 6.14. The lowest BCUT2D eigenvalue weighted by atomic mass is 10.0. The molecule has 128 valence electrons. The summed E-state index contributed by atoms with van der Waals surface area (Å²) in [6.07, 6.45) is 4.09. The van der Waals surface area contributed by atoms with Gasteiger partial charge in [-0.3, -0.25) is 9.78 Å². The van der Waals surface area contributed by atoms with Crippen LogP contribution in [0.4, 0.5) is 0 Å². The smallest absolute Gasteiger partial charge is 0.252 e. The third-order valence-corrected chi connectivity index (χ3v) is 4.17. The fraction of sp³-hybridized carbons (Fsp3) is 0.250. The van der Waals surface area contributed by atoms with Crippen molar-refractivity contribution in [1.82, 2.24) is 15.3 Å². The van der Waals surface area contributed by atoms with Crippen LogP contribution in [0.1, 0.15) is 23.7 Å². The minimum Gasteiger partial charge on any atom is -0.396 e. The minimum atomic E-state index is -0.126. The number of aliphatic hydroxyl groups excluding tert-OH is 1. The van der Waals surface area contributed by atoms with Gasteiger partial charge in [0.25, 0.3) is 5.91 Å². The molecule has 2 heterocycles. The quantitative estimate of drug-likeness (QED) is 0.726. The van der Waals surface area contributed by atoms with Crippen LogP contribution in [-0.4, -0.2) is 34.1 Å². The predicted octanol–water partition coefficient (Wildman–Crippen LogP) is 3.05. The van der Waals surface area contributed by atoms with Crippen LogP contribution in [-0.2, 0) is 0 Å². The first-order chi connectivity index (χ1) is 12.2. The van der Waals surface area contributed by atoms with Gasteiger partial charge in [0.2, 0.25) is 0 Å². The monoisotopic (exact) mass is 335 g/mol. The number of rotatable bonds is 6. The molecule has 1 amide bonds. The Morgan fingerprint density at radius 2 is 1.96 bits per heavy atom. The van der Waals surface area contributed by atoms with Gasteiger partial charge in [0, 0.05) is 36.5 Å². The van der Waals surface area contributed by atoms with Gasteiger partial charge in [-0.25, -0.2) is 4.98 Å². The highest BCUT2D eigenvalue weighted by Crippen LogP contribution is 2.24. The molecule has 0 radical (unpaired) electrons. The van der Waals surface area contributed by atoms with Gasteiger partial charge in [-0.2, -0.15) is 0 Å². The molecule has 3 rings (SSSR count). The molecule has 0 aliphatic carbocycles. The van der Waals surface area contributed by atoms with Crippen LogP contribution in [0.5, 0.6) is 0 Å². The van der Waals surface area contributed by atoms with Crippen LogP contribution >= 0.6 is 0 Å². The number of fused-ring (bicyclic) bond motifs is 1. The Hall–Kier alpha value is -2.79. The van der Waals surface area contributed by atoms with Crippen molar-refractivity contribution in [2.24, 2.45) is 5.92 Å². The fourth-order valence-corrected chi connectivity index (χ4v) is 2.72.